The van der Waals surface area contributed by atoms with Crippen molar-refractivity contribution >= 4 is 27.5 Å². The first-order valence-corrected chi connectivity index (χ1v) is 6.24. The van der Waals surface area contributed by atoms with Gasteiger partial charge in [0, 0.05) is 0 Å². The zero-order chi connectivity index (χ0) is 11.2. The minimum Gasteiger partial charge on any atom is -0.206 e. The lowest BCUT2D eigenvalue weighted by molar-refractivity contribution is 0.547. The molecule has 0 amide bonds. The first-order valence-electron chi connectivity index (χ1n) is 5.01. The van der Waals surface area contributed by atoms with Crippen molar-refractivity contribution in [2.45, 2.75) is 25.6 Å². The summed E-state index contributed by atoms with van der Waals surface area (Å²) < 4.78 is 13.5. The highest BCUT2D eigenvalue weighted by Gasteiger charge is 2.49. The normalized spacial score (nSPS) is 25.0. The van der Waals surface area contributed by atoms with E-state index < -0.39 is 0 Å². The molecule has 0 saturated heterocycles. The number of benzene rings is 1. The molecule has 2 atom stereocenters. The van der Waals surface area contributed by atoms with Crippen LogP contribution in [0, 0.1) is 17.2 Å². The Morgan fingerprint density at radius 3 is 2.60 bits per heavy atom. The van der Waals surface area contributed by atoms with Crippen molar-refractivity contribution in [3.05, 3.63) is 34.1 Å². The summed E-state index contributed by atoms with van der Waals surface area (Å²) in [5.41, 5.74) is 1.34. The predicted octanol–water partition coefficient (Wildman–Crippen LogP) is 4.91. The minimum atomic E-state index is -0.238. The highest BCUT2D eigenvalue weighted by atomic mass is 79.9. The van der Waals surface area contributed by atoms with E-state index in [2.05, 4.69) is 29.8 Å². The van der Waals surface area contributed by atoms with Crippen molar-refractivity contribution < 1.29 is 4.39 Å². The Bertz CT molecular complexity index is 389. The molecule has 0 aromatic heterocycles. The third-order valence-electron chi connectivity index (χ3n) is 3.21. The van der Waals surface area contributed by atoms with Crippen LogP contribution in [-0.2, 0) is 0 Å². The first kappa shape index (κ1) is 11.4. The highest BCUT2D eigenvalue weighted by Crippen LogP contribution is 2.59. The van der Waals surface area contributed by atoms with Crippen LogP contribution >= 0.6 is 27.5 Å². The van der Waals surface area contributed by atoms with E-state index in [0.29, 0.717) is 15.8 Å². The van der Waals surface area contributed by atoms with Gasteiger partial charge < -0.3 is 0 Å². The lowest BCUT2D eigenvalue weighted by Gasteiger charge is -2.12. The van der Waals surface area contributed by atoms with Crippen LogP contribution in [0.2, 0.25) is 0 Å². The molecule has 1 saturated carbocycles. The first-order chi connectivity index (χ1) is 6.92. The molecule has 1 aliphatic rings. The van der Waals surface area contributed by atoms with Crippen LogP contribution in [0.3, 0.4) is 0 Å². The zero-order valence-electron chi connectivity index (χ0n) is 8.73. The van der Waals surface area contributed by atoms with Gasteiger partial charge in [0.05, 0.1) is 9.85 Å². The minimum absolute atomic E-state index is 0.00287. The molecule has 0 heterocycles. The maximum absolute atomic E-state index is 13.0. The highest BCUT2D eigenvalue weighted by molar-refractivity contribution is 9.10. The fraction of sp³-hybridized carbons (Fsp3) is 0.500. The van der Waals surface area contributed by atoms with E-state index >= 15 is 0 Å². The second-order valence-corrected chi connectivity index (χ2v) is 6.20. The summed E-state index contributed by atoms with van der Waals surface area (Å²) in [5, 5.41) is -0.00287. The van der Waals surface area contributed by atoms with E-state index in [1.54, 1.807) is 12.1 Å². The molecule has 0 spiro atoms. The average Bonchev–Trinajstić information content (AvgIpc) is 2.79. The van der Waals surface area contributed by atoms with E-state index in [9.17, 15) is 4.39 Å². The predicted molar refractivity (Wildman–Crippen MR) is 64.6 cm³/mol. The van der Waals surface area contributed by atoms with Crippen LogP contribution in [0.1, 0.15) is 31.2 Å². The summed E-state index contributed by atoms with van der Waals surface area (Å²) in [5.74, 6) is 0.272. The molecule has 2 unspecified atom stereocenters. The molecule has 0 N–H and O–H groups in total. The van der Waals surface area contributed by atoms with Crippen molar-refractivity contribution in [1.29, 1.82) is 0 Å². The molecule has 3 heteroatoms. The third-order valence-corrected chi connectivity index (χ3v) is 4.37. The molecule has 0 aliphatic heterocycles. The molecular formula is C12H13BrClF. The number of halogens is 3. The van der Waals surface area contributed by atoms with Gasteiger partial charge in [-0.05, 0) is 51.4 Å². The molecule has 1 aromatic rings. The van der Waals surface area contributed by atoms with Gasteiger partial charge >= 0.3 is 0 Å². The molecule has 2 rings (SSSR count). The molecule has 0 bridgehead atoms. The Morgan fingerprint density at radius 1 is 1.53 bits per heavy atom. The molecular weight excluding hydrogens is 278 g/mol. The van der Waals surface area contributed by atoms with Gasteiger partial charge in [0.2, 0.25) is 0 Å². The monoisotopic (exact) mass is 290 g/mol. The Morgan fingerprint density at radius 2 is 2.13 bits per heavy atom. The molecule has 15 heavy (non-hydrogen) atoms. The molecule has 1 fully saturated rings. The second kappa shape index (κ2) is 3.74. The smallest absolute Gasteiger partial charge is 0.137 e. The van der Waals surface area contributed by atoms with Crippen molar-refractivity contribution in [1.82, 2.24) is 0 Å². The molecule has 1 aliphatic carbocycles. The summed E-state index contributed by atoms with van der Waals surface area (Å²) in [6.45, 7) is 4.43. The van der Waals surface area contributed by atoms with Crippen molar-refractivity contribution in [3.8, 4) is 0 Å². The lowest BCUT2D eigenvalue weighted by Crippen LogP contribution is -1.99. The van der Waals surface area contributed by atoms with Crippen LogP contribution in [-0.4, -0.2) is 0 Å². The maximum atomic E-state index is 13.0. The Kier molecular flexibility index (Phi) is 2.85. The number of hydrogen-bond acceptors (Lipinski definition) is 0. The standard InChI is InChI=1S/C12H13BrClF/c1-12(2)6-8(12)11(14)7-3-4-10(15)9(13)5-7/h3-5,8,11H,6H2,1-2H3. The van der Waals surface area contributed by atoms with Crippen LogP contribution < -0.4 is 0 Å². The van der Waals surface area contributed by atoms with E-state index in [0.717, 1.165) is 12.0 Å². The summed E-state index contributed by atoms with van der Waals surface area (Å²) in [6.07, 6.45) is 1.15. The Labute approximate surface area is 103 Å². The van der Waals surface area contributed by atoms with E-state index in [1.165, 1.54) is 6.07 Å². The van der Waals surface area contributed by atoms with E-state index in [1.807, 2.05) is 0 Å². The number of alkyl halides is 1. The molecule has 82 valence electrons. The zero-order valence-corrected chi connectivity index (χ0v) is 11.1. The number of hydrogen-bond donors (Lipinski definition) is 0. The van der Waals surface area contributed by atoms with Gasteiger partial charge in [-0.1, -0.05) is 19.9 Å². The van der Waals surface area contributed by atoms with Crippen molar-refractivity contribution in [2.24, 2.45) is 11.3 Å². The SMILES string of the molecule is CC1(C)CC1C(Cl)c1ccc(F)c(Br)c1. The van der Waals surface area contributed by atoms with Crippen molar-refractivity contribution in [2.75, 3.05) is 0 Å². The van der Waals surface area contributed by atoms with Gasteiger partial charge in [-0.25, -0.2) is 4.39 Å². The largest absolute Gasteiger partial charge is 0.206 e. The van der Waals surface area contributed by atoms with Crippen LogP contribution in [0.4, 0.5) is 4.39 Å². The van der Waals surface area contributed by atoms with Crippen LogP contribution in [0.25, 0.3) is 0 Å². The fourth-order valence-electron chi connectivity index (χ4n) is 1.92. The fourth-order valence-corrected chi connectivity index (χ4v) is 2.89. The van der Waals surface area contributed by atoms with Gasteiger partial charge in [-0.2, -0.15) is 0 Å². The second-order valence-electron chi connectivity index (χ2n) is 4.87. The van der Waals surface area contributed by atoms with Gasteiger partial charge in [-0.15, -0.1) is 11.6 Å². The quantitative estimate of drug-likeness (QED) is 0.679. The van der Waals surface area contributed by atoms with E-state index in [4.69, 9.17) is 11.6 Å². The van der Waals surface area contributed by atoms with Crippen molar-refractivity contribution in [3.63, 3.8) is 0 Å². The summed E-state index contributed by atoms with van der Waals surface area (Å²) in [4.78, 5) is 0. The molecule has 1 aromatic carbocycles. The summed E-state index contributed by atoms with van der Waals surface area (Å²) in [7, 11) is 0. The summed E-state index contributed by atoms with van der Waals surface area (Å²) >= 11 is 9.55. The van der Waals surface area contributed by atoms with Crippen LogP contribution in [0.15, 0.2) is 22.7 Å². The van der Waals surface area contributed by atoms with Gasteiger partial charge in [0.1, 0.15) is 5.82 Å². The van der Waals surface area contributed by atoms with Gasteiger partial charge in [0.25, 0.3) is 0 Å². The topological polar surface area (TPSA) is 0 Å². The average molecular weight is 292 g/mol. The molecule has 0 nitrogen and oxygen atoms in total. The van der Waals surface area contributed by atoms with Gasteiger partial charge in [0.15, 0.2) is 0 Å². The summed E-state index contributed by atoms with van der Waals surface area (Å²) in [6, 6.07) is 5.01. The lowest BCUT2D eigenvalue weighted by atomic mass is 10.0. The molecule has 0 radical (unpaired) electrons. The van der Waals surface area contributed by atoms with Crippen LogP contribution in [0.5, 0.6) is 0 Å². The Hall–Kier alpha value is -0.0800. The van der Waals surface area contributed by atoms with E-state index in [-0.39, 0.29) is 11.2 Å². The Balaban J connectivity index is 2.20. The maximum Gasteiger partial charge on any atom is 0.137 e. The van der Waals surface area contributed by atoms with Gasteiger partial charge in [-0.3, -0.25) is 0 Å². The third kappa shape index (κ3) is 2.21. The number of rotatable bonds is 2.